The Labute approximate surface area is 125 Å². The molecule has 0 radical (unpaired) electrons. The molecule has 0 saturated heterocycles. The van der Waals surface area contributed by atoms with Crippen LogP contribution in [-0.4, -0.2) is 17.2 Å². The molecule has 1 aromatic carbocycles. The first kappa shape index (κ1) is 15.2. The van der Waals surface area contributed by atoms with E-state index in [-0.39, 0.29) is 0 Å². The lowest BCUT2D eigenvalue weighted by Crippen LogP contribution is -2.00. The first-order valence-electron chi connectivity index (χ1n) is 7.18. The van der Waals surface area contributed by atoms with Gasteiger partial charge in [-0.3, -0.25) is 4.98 Å². The molecule has 108 valence electrons. The maximum Gasteiger partial charge on any atom is 0.0994 e. The highest BCUT2D eigenvalue weighted by Crippen LogP contribution is 2.29. The second-order valence-electron chi connectivity index (χ2n) is 5.18. The summed E-state index contributed by atoms with van der Waals surface area (Å²) in [6, 6.07) is 10.6. The average molecular weight is 280 g/mol. The van der Waals surface area contributed by atoms with Crippen molar-refractivity contribution in [3.05, 3.63) is 64.0 Å². The van der Waals surface area contributed by atoms with Crippen LogP contribution >= 0.6 is 0 Å². The van der Waals surface area contributed by atoms with E-state index in [4.69, 9.17) is 5.11 Å². The van der Waals surface area contributed by atoms with Gasteiger partial charge in [0.15, 0.2) is 0 Å². The number of pyridine rings is 1. The number of nitriles is 1. The Morgan fingerprint density at radius 1 is 1.19 bits per heavy atom. The minimum Gasteiger partial charge on any atom is -0.400 e. The summed E-state index contributed by atoms with van der Waals surface area (Å²) < 4.78 is 0. The monoisotopic (exact) mass is 280 g/mol. The Balaban J connectivity index is 0.000000774. The summed E-state index contributed by atoms with van der Waals surface area (Å²) in [6.45, 7) is 1.99. The molecule has 3 rings (SSSR count). The lowest BCUT2D eigenvalue weighted by atomic mass is 9.93. The standard InChI is InChI=1S/C17H16N2.CH4O/c1-12-5-6-13(11-19-12)9-17-15(10-18)8-7-14-3-2-4-16(14)17;1-2/h5-8,11H,2-4,9H2,1H3;2H,1H3. The number of aliphatic hydroxyl groups excluding tert-OH is 1. The minimum absolute atomic E-state index is 0.819. The van der Waals surface area contributed by atoms with Gasteiger partial charge < -0.3 is 5.11 Å². The van der Waals surface area contributed by atoms with Gasteiger partial charge in [-0.05, 0) is 60.6 Å². The van der Waals surface area contributed by atoms with Gasteiger partial charge in [0.2, 0.25) is 0 Å². The Hall–Kier alpha value is -2.18. The van der Waals surface area contributed by atoms with Gasteiger partial charge in [0.25, 0.3) is 0 Å². The zero-order valence-corrected chi connectivity index (χ0v) is 12.6. The van der Waals surface area contributed by atoms with Crippen molar-refractivity contribution in [2.75, 3.05) is 7.11 Å². The van der Waals surface area contributed by atoms with Gasteiger partial charge in [0.05, 0.1) is 11.6 Å². The van der Waals surface area contributed by atoms with Gasteiger partial charge in [0, 0.05) is 25.4 Å². The molecule has 1 aliphatic carbocycles. The van der Waals surface area contributed by atoms with E-state index in [0.717, 1.165) is 37.6 Å². The van der Waals surface area contributed by atoms with Gasteiger partial charge >= 0.3 is 0 Å². The van der Waals surface area contributed by atoms with Crippen molar-refractivity contribution in [1.82, 2.24) is 4.98 Å². The van der Waals surface area contributed by atoms with E-state index >= 15 is 0 Å². The molecule has 0 amide bonds. The number of aromatic nitrogens is 1. The molecule has 0 atom stereocenters. The third-order valence-electron chi connectivity index (χ3n) is 3.88. The van der Waals surface area contributed by atoms with Crippen molar-refractivity contribution in [1.29, 1.82) is 5.26 Å². The molecule has 3 heteroatoms. The quantitative estimate of drug-likeness (QED) is 0.920. The van der Waals surface area contributed by atoms with Crippen LogP contribution in [0.3, 0.4) is 0 Å². The zero-order chi connectivity index (χ0) is 15.2. The van der Waals surface area contributed by atoms with Gasteiger partial charge in [0.1, 0.15) is 0 Å². The van der Waals surface area contributed by atoms with E-state index < -0.39 is 0 Å². The Bertz CT molecular complexity index is 654. The fourth-order valence-electron chi connectivity index (χ4n) is 2.86. The maximum atomic E-state index is 9.31. The molecule has 0 aliphatic heterocycles. The smallest absolute Gasteiger partial charge is 0.0994 e. The highest BCUT2D eigenvalue weighted by molar-refractivity contribution is 5.50. The molecular weight excluding hydrogens is 260 g/mol. The number of aliphatic hydroxyl groups is 1. The lowest BCUT2D eigenvalue weighted by Gasteiger charge is -2.11. The summed E-state index contributed by atoms with van der Waals surface area (Å²) in [5.41, 5.74) is 7.07. The van der Waals surface area contributed by atoms with Crippen molar-refractivity contribution in [3.63, 3.8) is 0 Å². The summed E-state index contributed by atoms with van der Waals surface area (Å²) in [4.78, 5) is 4.34. The molecule has 0 bridgehead atoms. The van der Waals surface area contributed by atoms with Crippen LogP contribution in [0.5, 0.6) is 0 Å². The number of hydrogen-bond donors (Lipinski definition) is 1. The van der Waals surface area contributed by atoms with Crippen LogP contribution in [0.25, 0.3) is 0 Å². The normalized spacial score (nSPS) is 12.1. The summed E-state index contributed by atoms with van der Waals surface area (Å²) in [6.07, 6.45) is 6.22. The third kappa shape index (κ3) is 3.29. The minimum atomic E-state index is 0.819. The van der Waals surface area contributed by atoms with Crippen LogP contribution in [0.15, 0.2) is 30.5 Å². The van der Waals surface area contributed by atoms with Crippen molar-refractivity contribution in [2.24, 2.45) is 0 Å². The number of hydrogen-bond acceptors (Lipinski definition) is 3. The predicted octanol–water partition coefficient (Wildman–Crippen LogP) is 2.95. The summed E-state index contributed by atoms with van der Waals surface area (Å²) in [5, 5.41) is 16.3. The molecule has 0 spiro atoms. The average Bonchev–Trinajstić information content (AvgIpc) is 3.01. The third-order valence-corrected chi connectivity index (χ3v) is 3.88. The molecule has 1 heterocycles. The summed E-state index contributed by atoms with van der Waals surface area (Å²) in [7, 11) is 1.00. The molecule has 0 fully saturated rings. The van der Waals surface area contributed by atoms with Gasteiger partial charge in [-0.2, -0.15) is 5.26 Å². The van der Waals surface area contributed by atoms with Crippen molar-refractivity contribution in [3.8, 4) is 6.07 Å². The van der Waals surface area contributed by atoms with E-state index in [1.165, 1.54) is 28.7 Å². The van der Waals surface area contributed by atoms with Crippen LogP contribution < -0.4 is 0 Å². The Morgan fingerprint density at radius 3 is 2.67 bits per heavy atom. The zero-order valence-electron chi connectivity index (χ0n) is 12.6. The lowest BCUT2D eigenvalue weighted by molar-refractivity contribution is 0.399. The van der Waals surface area contributed by atoms with Crippen LogP contribution in [0.1, 0.15) is 39.9 Å². The van der Waals surface area contributed by atoms with E-state index in [1.54, 1.807) is 0 Å². The first-order chi connectivity index (χ1) is 10.3. The molecule has 21 heavy (non-hydrogen) atoms. The fraction of sp³-hybridized carbons (Fsp3) is 0.333. The fourth-order valence-corrected chi connectivity index (χ4v) is 2.86. The molecular formula is C18H20N2O. The maximum absolute atomic E-state index is 9.31. The number of aryl methyl sites for hydroxylation is 2. The number of rotatable bonds is 2. The van der Waals surface area contributed by atoms with E-state index in [0.29, 0.717) is 0 Å². The number of fused-ring (bicyclic) bond motifs is 1. The topological polar surface area (TPSA) is 56.9 Å². The highest BCUT2D eigenvalue weighted by Gasteiger charge is 2.17. The highest BCUT2D eigenvalue weighted by atomic mass is 16.2. The Morgan fingerprint density at radius 2 is 2.00 bits per heavy atom. The van der Waals surface area contributed by atoms with Gasteiger partial charge in [-0.1, -0.05) is 12.1 Å². The van der Waals surface area contributed by atoms with Crippen LogP contribution in [0, 0.1) is 18.3 Å². The van der Waals surface area contributed by atoms with E-state index in [1.807, 2.05) is 25.3 Å². The molecule has 1 aliphatic rings. The summed E-state index contributed by atoms with van der Waals surface area (Å²) >= 11 is 0. The van der Waals surface area contributed by atoms with Crippen molar-refractivity contribution >= 4 is 0 Å². The molecule has 1 aromatic heterocycles. The van der Waals surface area contributed by atoms with Crippen molar-refractivity contribution in [2.45, 2.75) is 32.6 Å². The summed E-state index contributed by atoms with van der Waals surface area (Å²) in [5.74, 6) is 0. The molecule has 0 unspecified atom stereocenters. The molecule has 0 saturated carbocycles. The second kappa shape index (κ2) is 7.01. The van der Waals surface area contributed by atoms with Crippen LogP contribution in [0.4, 0.5) is 0 Å². The van der Waals surface area contributed by atoms with Crippen molar-refractivity contribution < 1.29 is 5.11 Å². The second-order valence-corrected chi connectivity index (χ2v) is 5.18. The van der Waals surface area contributed by atoms with E-state index in [9.17, 15) is 5.26 Å². The first-order valence-corrected chi connectivity index (χ1v) is 7.18. The van der Waals surface area contributed by atoms with Crippen LogP contribution in [0.2, 0.25) is 0 Å². The largest absolute Gasteiger partial charge is 0.400 e. The van der Waals surface area contributed by atoms with Gasteiger partial charge in [-0.25, -0.2) is 0 Å². The van der Waals surface area contributed by atoms with Crippen LogP contribution in [-0.2, 0) is 19.3 Å². The number of benzene rings is 1. The SMILES string of the molecule is CO.Cc1ccc(Cc2c(C#N)ccc3c2CCC3)cn1. The molecule has 1 N–H and O–H groups in total. The number of nitrogens with zero attached hydrogens (tertiary/aromatic N) is 2. The van der Waals surface area contributed by atoms with E-state index in [2.05, 4.69) is 23.2 Å². The Kier molecular flexibility index (Phi) is 5.08. The molecule has 3 nitrogen and oxygen atoms in total. The predicted molar refractivity (Wildman–Crippen MR) is 83.1 cm³/mol. The van der Waals surface area contributed by atoms with Gasteiger partial charge in [-0.15, -0.1) is 0 Å². The molecule has 2 aromatic rings.